The third-order valence-electron chi connectivity index (χ3n) is 4.95. The fourth-order valence-electron chi connectivity index (χ4n) is 3.07. The van der Waals surface area contributed by atoms with Gasteiger partial charge in [0.25, 0.3) is 6.79 Å². The minimum atomic E-state index is -1.80. The number of ketones is 6. The molecule has 0 fully saturated rings. The Morgan fingerprint density at radius 1 is 0.449 bits per heavy atom. The summed E-state index contributed by atoms with van der Waals surface area (Å²) in [5.41, 5.74) is 0. The molecule has 0 saturated carbocycles. The number of hydrogen-bond donors (Lipinski definition) is 0. The number of carbonyl (C=O) groups excluding carboxylic acids is 10. The van der Waals surface area contributed by atoms with E-state index >= 15 is 0 Å². The molecule has 258 valence electrons. The summed E-state index contributed by atoms with van der Waals surface area (Å²) in [6, 6.07) is 32.3. The van der Waals surface area contributed by atoms with Crippen LogP contribution in [0.1, 0.15) is 40.0 Å². The zero-order chi connectivity index (χ0) is 37.2. The van der Waals surface area contributed by atoms with Crippen LogP contribution in [0.25, 0.3) is 0 Å². The van der Waals surface area contributed by atoms with Crippen LogP contribution in [0.5, 0.6) is 0 Å². The Morgan fingerprint density at radius 3 is 0.755 bits per heavy atom. The van der Waals surface area contributed by atoms with Crippen molar-refractivity contribution in [3.05, 3.63) is 91.0 Å². The molecule has 0 aliphatic heterocycles. The Labute approximate surface area is 296 Å². The molecule has 0 spiro atoms. The van der Waals surface area contributed by atoms with Crippen LogP contribution in [0.2, 0.25) is 0 Å². The quantitative estimate of drug-likeness (QED) is 0.0830. The summed E-state index contributed by atoms with van der Waals surface area (Å²) in [7, 11) is -0.446. The first-order chi connectivity index (χ1) is 22.6. The van der Waals surface area contributed by atoms with E-state index in [9.17, 15) is 58.5 Å². The maximum atomic E-state index is 10.1. The van der Waals surface area contributed by atoms with Crippen molar-refractivity contribution < 1.29 is 82.7 Å². The van der Waals surface area contributed by atoms with E-state index in [4.69, 9.17) is 4.79 Å². The Kier molecular flexibility index (Phi) is 27.4. The largest absolute Gasteiger partial charge is 3.00 e. The van der Waals surface area contributed by atoms with E-state index < -0.39 is 79.8 Å². The van der Waals surface area contributed by atoms with Crippen molar-refractivity contribution in [2.24, 2.45) is 0 Å². The normalized spacial score (nSPS) is 8.90. The molecule has 0 unspecified atom stereocenters. The standard InChI is InChI=1S/C18H15P.3C5H6O4.CO.Rh/c1-4-10-16(11-5-1)19(17-12-6-2-7-13-17)18-14-8-3-9-15-18;3*1-3(6)2-4(7)5(8)9;1-2;/h1-15H;3*2H2,1H3,(H,8,9);;/q;;;;;+3/p-3. The average molecular weight is 780 g/mol. The molecule has 15 heteroatoms. The topological polar surface area (TPSA) is 240 Å². The van der Waals surface area contributed by atoms with Gasteiger partial charge in [-0.1, -0.05) is 91.0 Å². The maximum Gasteiger partial charge on any atom is 3.00 e. The van der Waals surface area contributed by atoms with Gasteiger partial charge in [-0.05, 0) is 44.6 Å². The molecule has 0 aromatic heterocycles. The Hall–Kier alpha value is -5.19. The Morgan fingerprint density at radius 2 is 0.633 bits per heavy atom. The molecule has 2 radical (unpaired) electrons. The first-order valence-corrected chi connectivity index (χ1v) is 14.8. The van der Waals surface area contributed by atoms with Gasteiger partial charge in [-0.2, -0.15) is 0 Å². The van der Waals surface area contributed by atoms with Gasteiger partial charge in [0.1, 0.15) is 35.3 Å². The summed E-state index contributed by atoms with van der Waals surface area (Å²) >= 11 is 0. The molecule has 0 N–H and O–H groups in total. The number of hydrogen-bond acceptors (Lipinski definition) is 13. The first kappa shape index (κ1) is 48.2. The van der Waals surface area contributed by atoms with Gasteiger partial charge in [-0.15, -0.1) is 0 Å². The van der Waals surface area contributed by atoms with Gasteiger partial charge < -0.3 is 29.7 Å². The molecule has 0 atom stereocenters. The van der Waals surface area contributed by atoms with E-state index in [0.717, 1.165) is 20.8 Å². The van der Waals surface area contributed by atoms with Crippen molar-refractivity contribution in [2.75, 3.05) is 0 Å². The number of carbonyl (C=O) groups is 9. The zero-order valence-electron chi connectivity index (χ0n) is 26.4. The molecule has 0 saturated heterocycles. The third kappa shape index (κ3) is 23.7. The fraction of sp³-hybridized carbons (Fsp3) is 0.176. The van der Waals surface area contributed by atoms with Crippen LogP contribution in [0, 0.1) is 0 Å². The number of aliphatic carboxylic acids is 3. The predicted octanol–water partition coefficient (Wildman–Crippen LogP) is -2.10. The zero-order valence-corrected chi connectivity index (χ0v) is 28.9. The molecule has 3 aromatic carbocycles. The molecule has 49 heavy (non-hydrogen) atoms. The molecule has 3 rings (SSSR count). The van der Waals surface area contributed by atoms with Crippen molar-refractivity contribution in [3.63, 3.8) is 0 Å². The maximum absolute atomic E-state index is 10.1. The third-order valence-corrected chi connectivity index (χ3v) is 7.40. The molecule has 0 bridgehead atoms. The molecular weight excluding hydrogens is 750 g/mol. The average Bonchev–Trinajstić information content (AvgIpc) is 3.03. The van der Waals surface area contributed by atoms with E-state index in [1.54, 1.807) is 0 Å². The SMILES string of the molecule is CC(=O)CC(=O)C(=O)[O-].CC(=O)CC(=O)C(=O)[O-].CC(=O)CC(=O)C(=O)[O-].[C]=O.[Rh+3].c1ccc(P(c2ccccc2)c2ccccc2)cc1. The minimum Gasteiger partial charge on any atom is -0.542 e. The number of rotatable bonds is 12. The van der Waals surface area contributed by atoms with Crippen LogP contribution in [-0.4, -0.2) is 59.4 Å². The van der Waals surface area contributed by atoms with Gasteiger partial charge >= 0.3 is 19.5 Å². The summed E-state index contributed by atoms with van der Waals surface area (Å²) < 4.78 is 0. The molecule has 3 aromatic rings. The van der Waals surface area contributed by atoms with Gasteiger partial charge in [0, 0.05) is 0 Å². The summed E-state index contributed by atoms with van der Waals surface area (Å²) in [5, 5.41) is 33.1. The van der Waals surface area contributed by atoms with Gasteiger partial charge in [-0.3, -0.25) is 33.6 Å². The number of carboxylic acids is 3. The van der Waals surface area contributed by atoms with E-state index in [2.05, 4.69) is 97.8 Å². The second kappa shape index (κ2) is 27.9. The van der Waals surface area contributed by atoms with Gasteiger partial charge in [-0.25, -0.2) is 0 Å². The van der Waals surface area contributed by atoms with Crippen molar-refractivity contribution in [2.45, 2.75) is 40.0 Å². The van der Waals surface area contributed by atoms with Crippen LogP contribution in [0.15, 0.2) is 91.0 Å². The Balaban J connectivity index is -0.000000608. The summed E-state index contributed by atoms with van der Waals surface area (Å²) in [4.78, 5) is 96.7. The van der Waals surface area contributed by atoms with Crippen LogP contribution in [-0.2, 0) is 67.4 Å². The van der Waals surface area contributed by atoms with E-state index in [0.29, 0.717) is 0 Å². The molecular formula is C34H30O13PRh. The molecule has 0 heterocycles. The van der Waals surface area contributed by atoms with Crippen LogP contribution < -0.4 is 31.2 Å². The van der Waals surface area contributed by atoms with Gasteiger partial charge in [0.05, 0.1) is 19.3 Å². The molecule has 0 aliphatic carbocycles. The fourth-order valence-corrected chi connectivity index (χ4v) is 5.38. The van der Waals surface area contributed by atoms with Crippen molar-refractivity contribution in [1.82, 2.24) is 0 Å². The first-order valence-electron chi connectivity index (χ1n) is 13.4. The van der Waals surface area contributed by atoms with Crippen LogP contribution in [0.3, 0.4) is 0 Å². The number of benzene rings is 3. The summed E-state index contributed by atoms with van der Waals surface area (Å²) in [6.07, 6.45) is -1.70. The second-order valence-electron chi connectivity index (χ2n) is 9.11. The molecule has 13 nitrogen and oxygen atoms in total. The Bertz CT molecular complexity index is 1360. The van der Waals surface area contributed by atoms with E-state index in [1.165, 1.54) is 15.9 Å². The molecule has 0 amide bonds. The van der Waals surface area contributed by atoms with Crippen LogP contribution in [0.4, 0.5) is 0 Å². The molecule has 0 aliphatic rings. The van der Waals surface area contributed by atoms with E-state index in [-0.39, 0.29) is 19.5 Å². The van der Waals surface area contributed by atoms with Gasteiger partial charge in [0.15, 0.2) is 17.3 Å². The second-order valence-corrected chi connectivity index (χ2v) is 11.3. The summed E-state index contributed by atoms with van der Waals surface area (Å²) in [6.45, 7) is 7.92. The van der Waals surface area contributed by atoms with Crippen molar-refractivity contribution in [1.29, 1.82) is 0 Å². The van der Waals surface area contributed by atoms with Crippen molar-refractivity contribution >= 4 is 83.2 Å². The minimum absolute atomic E-state index is 0. The monoisotopic (exact) mass is 780 g/mol. The smallest absolute Gasteiger partial charge is 0.542 e. The van der Waals surface area contributed by atoms with Crippen molar-refractivity contribution in [3.8, 4) is 0 Å². The van der Waals surface area contributed by atoms with Crippen LogP contribution >= 0.6 is 7.92 Å². The predicted molar refractivity (Wildman–Crippen MR) is 167 cm³/mol. The summed E-state index contributed by atoms with van der Waals surface area (Å²) in [5.74, 6) is -10.3. The van der Waals surface area contributed by atoms with E-state index in [1.807, 2.05) is 0 Å². The number of Topliss-reactive ketones (excluding diaryl/α,β-unsaturated/α-hetero) is 6. The van der Waals surface area contributed by atoms with Gasteiger partial charge in [0.2, 0.25) is 0 Å². The number of carboxylic acid groups (broad SMARTS) is 3.